The lowest BCUT2D eigenvalue weighted by Crippen LogP contribution is -2.34. The molecule has 1 aromatic carbocycles. The number of hydrogen-bond acceptors (Lipinski definition) is 5. The lowest BCUT2D eigenvalue weighted by molar-refractivity contribution is -0.0888. The molecule has 26 heavy (non-hydrogen) atoms. The minimum Gasteiger partial charge on any atom is -0.339 e. The Morgan fingerprint density at radius 3 is 2.31 bits per heavy atom. The average Bonchev–Trinajstić information content (AvgIpc) is 2.87. The Kier molecular flexibility index (Phi) is 3.59. The first-order valence-corrected chi connectivity index (χ1v) is 9.88. The van der Waals surface area contributed by atoms with Crippen molar-refractivity contribution in [1.29, 1.82) is 0 Å². The zero-order valence-corrected chi connectivity index (χ0v) is 15.1. The summed E-state index contributed by atoms with van der Waals surface area (Å²) in [5, 5.41) is 9.01. The number of nitrogens with zero attached hydrogens (tertiary/aromatic N) is 2. The van der Waals surface area contributed by atoms with Crippen molar-refractivity contribution < 1.29 is 21.7 Å². The van der Waals surface area contributed by atoms with Crippen LogP contribution in [0.15, 0.2) is 33.7 Å². The maximum absolute atomic E-state index is 13.0. The lowest BCUT2D eigenvalue weighted by atomic mass is 9.81. The molecule has 1 aromatic heterocycles. The molecule has 2 atom stereocenters. The predicted molar refractivity (Wildman–Crippen MR) is 88.3 cm³/mol. The quantitative estimate of drug-likeness (QED) is 0.874. The zero-order valence-electron chi connectivity index (χ0n) is 14.3. The van der Waals surface area contributed by atoms with Gasteiger partial charge < -0.3 is 4.52 Å². The molecular weight excluding hydrogens is 364 g/mol. The number of benzene rings is 1. The molecule has 2 aliphatic rings. The maximum atomic E-state index is 13.0. The smallest absolute Gasteiger partial charge is 0.249 e. The molecular formula is C17H19F2N3O3S. The van der Waals surface area contributed by atoms with Crippen molar-refractivity contribution in [3.05, 3.63) is 41.5 Å². The van der Waals surface area contributed by atoms with Gasteiger partial charge in [0.15, 0.2) is 5.82 Å². The first-order valence-electron chi connectivity index (χ1n) is 8.33. The lowest BCUT2D eigenvalue weighted by Gasteiger charge is -2.32. The van der Waals surface area contributed by atoms with Gasteiger partial charge in [0, 0.05) is 24.7 Å². The summed E-state index contributed by atoms with van der Waals surface area (Å²) in [4.78, 5) is 4.42. The van der Waals surface area contributed by atoms with Gasteiger partial charge in [-0.2, -0.15) is 4.98 Å². The van der Waals surface area contributed by atoms with E-state index in [9.17, 15) is 17.2 Å². The van der Waals surface area contributed by atoms with Crippen LogP contribution in [-0.2, 0) is 10.0 Å². The second-order valence-corrected chi connectivity index (χ2v) is 9.40. The van der Waals surface area contributed by atoms with Crippen LogP contribution in [0.25, 0.3) is 0 Å². The number of rotatable bonds is 4. The molecule has 0 radical (unpaired) electrons. The summed E-state index contributed by atoms with van der Waals surface area (Å²) in [6, 6.07) is 6.42. The molecule has 2 saturated carbocycles. The molecule has 140 valence electrons. The molecule has 6 nitrogen and oxygen atoms in total. The van der Waals surface area contributed by atoms with E-state index >= 15 is 0 Å². The Bertz CT molecular complexity index is 946. The highest BCUT2D eigenvalue weighted by atomic mass is 32.2. The molecule has 9 heteroatoms. The highest BCUT2D eigenvalue weighted by molar-refractivity contribution is 7.89. The van der Waals surface area contributed by atoms with E-state index in [0.29, 0.717) is 11.7 Å². The fraction of sp³-hybridized carbons (Fsp3) is 0.529. The topological polar surface area (TPSA) is 99.1 Å². The summed E-state index contributed by atoms with van der Waals surface area (Å²) in [7, 11) is -3.73. The van der Waals surface area contributed by atoms with Crippen LogP contribution in [0.2, 0.25) is 0 Å². The van der Waals surface area contributed by atoms with Crippen molar-refractivity contribution in [1.82, 2.24) is 10.1 Å². The highest BCUT2D eigenvalue weighted by Crippen LogP contribution is 2.69. The molecule has 2 aliphatic carbocycles. The minimum atomic E-state index is -3.73. The summed E-state index contributed by atoms with van der Waals surface area (Å²) >= 11 is 0. The zero-order chi connectivity index (χ0) is 18.9. The molecule has 0 amide bonds. The van der Waals surface area contributed by atoms with E-state index in [1.54, 1.807) is 12.1 Å². The average molecular weight is 383 g/mol. The van der Waals surface area contributed by atoms with Crippen LogP contribution in [0.3, 0.4) is 0 Å². The van der Waals surface area contributed by atoms with Crippen LogP contribution in [-0.4, -0.2) is 24.5 Å². The van der Waals surface area contributed by atoms with E-state index in [4.69, 9.17) is 9.66 Å². The van der Waals surface area contributed by atoms with Crippen LogP contribution in [0, 0.1) is 5.41 Å². The van der Waals surface area contributed by atoms with Crippen molar-refractivity contribution in [2.45, 2.75) is 55.3 Å². The fourth-order valence-corrected chi connectivity index (χ4v) is 4.48. The SMILES string of the molecule is CC1(C)[C@H](c2ccc(S(N)(=O)=O)cc2)[C@H]1c1nc(C2CC(F)(F)C2)no1. The number of halogens is 2. The molecule has 0 bridgehead atoms. The van der Waals surface area contributed by atoms with Crippen LogP contribution < -0.4 is 5.14 Å². The van der Waals surface area contributed by atoms with E-state index < -0.39 is 15.9 Å². The summed E-state index contributed by atoms with van der Waals surface area (Å²) in [6.45, 7) is 4.11. The van der Waals surface area contributed by atoms with Gasteiger partial charge in [-0.3, -0.25) is 0 Å². The van der Waals surface area contributed by atoms with Crippen LogP contribution >= 0.6 is 0 Å². The van der Waals surface area contributed by atoms with Crippen LogP contribution in [0.1, 0.15) is 61.7 Å². The number of primary sulfonamides is 1. The van der Waals surface area contributed by atoms with Crippen LogP contribution in [0.5, 0.6) is 0 Å². The molecule has 0 spiro atoms. The van der Waals surface area contributed by atoms with Gasteiger partial charge in [0.05, 0.1) is 10.8 Å². The second kappa shape index (κ2) is 5.32. The van der Waals surface area contributed by atoms with Gasteiger partial charge in [-0.05, 0) is 23.1 Å². The number of hydrogen-bond donors (Lipinski definition) is 1. The van der Waals surface area contributed by atoms with Gasteiger partial charge in [-0.1, -0.05) is 31.1 Å². The van der Waals surface area contributed by atoms with Gasteiger partial charge >= 0.3 is 0 Å². The molecule has 1 heterocycles. The first-order chi connectivity index (χ1) is 12.0. The van der Waals surface area contributed by atoms with E-state index in [1.165, 1.54) is 12.1 Å². The summed E-state index contributed by atoms with van der Waals surface area (Å²) in [5.41, 5.74) is 0.790. The number of alkyl halides is 2. The number of aromatic nitrogens is 2. The standard InChI is InChI=1S/C17H19F2N3O3S/c1-16(2)12(9-3-5-11(6-4-9)26(20,23)24)13(16)15-21-14(22-25-15)10-7-17(18,19)8-10/h3-6,10,12-13H,7-8H2,1-2H3,(H2,20,23,24)/t12-,13+/m1/s1. The molecule has 4 rings (SSSR count). The monoisotopic (exact) mass is 383 g/mol. The highest BCUT2D eigenvalue weighted by Gasteiger charge is 2.62. The summed E-state index contributed by atoms with van der Waals surface area (Å²) in [5.74, 6) is -2.15. The number of nitrogens with two attached hydrogens (primary N) is 1. The Hall–Kier alpha value is -1.87. The molecule has 0 unspecified atom stereocenters. The molecule has 0 saturated heterocycles. The third kappa shape index (κ3) is 2.83. The van der Waals surface area contributed by atoms with Gasteiger partial charge in [-0.25, -0.2) is 22.3 Å². The molecule has 2 N–H and O–H groups in total. The normalized spacial score (nSPS) is 27.1. The minimum absolute atomic E-state index is 0.0373. The van der Waals surface area contributed by atoms with Gasteiger partial charge in [-0.15, -0.1) is 0 Å². The van der Waals surface area contributed by atoms with Gasteiger partial charge in [0.2, 0.25) is 21.8 Å². The fourth-order valence-electron chi connectivity index (χ4n) is 3.97. The number of sulfonamides is 1. The molecule has 0 aliphatic heterocycles. The Morgan fingerprint density at radius 2 is 1.77 bits per heavy atom. The first kappa shape index (κ1) is 17.5. The van der Waals surface area contributed by atoms with Gasteiger partial charge in [0.25, 0.3) is 0 Å². The molecule has 2 aromatic rings. The third-order valence-electron chi connectivity index (χ3n) is 5.57. The van der Waals surface area contributed by atoms with Crippen LogP contribution in [0.4, 0.5) is 8.78 Å². The van der Waals surface area contributed by atoms with Crippen molar-refractivity contribution in [3.8, 4) is 0 Å². The second-order valence-electron chi connectivity index (χ2n) is 7.84. The maximum Gasteiger partial charge on any atom is 0.249 e. The van der Waals surface area contributed by atoms with Crippen molar-refractivity contribution >= 4 is 10.0 Å². The van der Waals surface area contributed by atoms with E-state index in [2.05, 4.69) is 24.0 Å². The van der Waals surface area contributed by atoms with E-state index in [1.807, 2.05) is 0 Å². The van der Waals surface area contributed by atoms with Crippen molar-refractivity contribution in [2.75, 3.05) is 0 Å². The van der Waals surface area contributed by atoms with Crippen molar-refractivity contribution in [3.63, 3.8) is 0 Å². The largest absolute Gasteiger partial charge is 0.339 e. The summed E-state index contributed by atoms with van der Waals surface area (Å²) in [6.07, 6.45) is -0.475. The van der Waals surface area contributed by atoms with E-state index in [0.717, 1.165) is 5.56 Å². The van der Waals surface area contributed by atoms with Gasteiger partial charge in [0.1, 0.15) is 0 Å². The van der Waals surface area contributed by atoms with E-state index in [-0.39, 0.29) is 40.9 Å². The third-order valence-corrected chi connectivity index (χ3v) is 6.50. The predicted octanol–water partition coefficient (Wildman–Crippen LogP) is 3.14. The Balaban J connectivity index is 1.54. The molecule has 2 fully saturated rings. The van der Waals surface area contributed by atoms with Crippen molar-refractivity contribution in [2.24, 2.45) is 10.6 Å². The Labute approximate surface area is 149 Å². The summed E-state index contributed by atoms with van der Waals surface area (Å²) < 4.78 is 54.2. The Morgan fingerprint density at radius 1 is 1.15 bits per heavy atom.